The number of nitrogens with one attached hydrogen (secondary N) is 1. The van der Waals surface area contributed by atoms with Crippen molar-refractivity contribution in [2.75, 3.05) is 11.1 Å². The van der Waals surface area contributed by atoms with Crippen LogP contribution >= 0.6 is 0 Å². The molecule has 21 heavy (non-hydrogen) atoms. The summed E-state index contributed by atoms with van der Waals surface area (Å²) in [6.45, 7) is 8.56. The Morgan fingerprint density at radius 2 is 1.86 bits per heavy atom. The second-order valence-corrected chi connectivity index (χ2v) is 6.97. The van der Waals surface area contributed by atoms with Crippen molar-refractivity contribution in [3.8, 4) is 0 Å². The number of amides is 1. The molecule has 1 aliphatic carbocycles. The number of nitrogen functional groups attached to an aromatic ring is 1. The van der Waals surface area contributed by atoms with E-state index in [4.69, 9.17) is 5.73 Å². The first-order valence-corrected chi connectivity index (χ1v) is 7.21. The van der Waals surface area contributed by atoms with Gasteiger partial charge in [-0.05, 0) is 35.1 Å². The average molecular weight is 283 g/mol. The quantitative estimate of drug-likeness (QED) is 0.830. The van der Waals surface area contributed by atoms with Crippen LogP contribution < -0.4 is 11.1 Å². The van der Waals surface area contributed by atoms with Gasteiger partial charge in [0.05, 0.1) is 16.9 Å². The maximum atomic E-state index is 12.6. The fourth-order valence-electron chi connectivity index (χ4n) is 3.36. The standard InChI is InChI=1S/C17H21N3O/c1-16(2)14(17(16,3)4)15(21)20-12-8-7-11(18)13-10(12)6-5-9-19-13/h5-9,14H,18H2,1-4H3,(H,20,21). The molecule has 1 heterocycles. The van der Waals surface area contributed by atoms with Crippen molar-refractivity contribution in [3.05, 3.63) is 30.5 Å². The highest BCUT2D eigenvalue weighted by atomic mass is 16.2. The molecule has 1 aromatic heterocycles. The van der Waals surface area contributed by atoms with Crippen LogP contribution in [0.2, 0.25) is 0 Å². The number of carbonyl (C=O) groups is 1. The number of nitrogens with two attached hydrogens (primary N) is 1. The van der Waals surface area contributed by atoms with Crippen molar-refractivity contribution in [2.24, 2.45) is 16.7 Å². The third-order valence-corrected chi connectivity index (χ3v) is 5.34. The monoisotopic (exact) mass is 283 g/mol. The molecule has 1 fully saturated rings. The molecule has 3 rings (SSSR count). The zero-order valence-electron chi connectivity index (χ0n) is 12.9. The van der Waals surface area contributed by atoms with Gasteiger partial charge in [-0.2, -0.15) is 0 Å². The summed E-state index contributed by atoms with van der Waals surface area (Å²) < 4.78 is 0. The molecule has 110 valence electrons. The molecule has 0 unspecified atom stereocenters. The first kappa shape index (κ1) is 13.9. The molecule has 1 aromatic carbocycles. The third kappa shape index (κ3) is 1.89. The minimum Gasteiger partial charge on any atom is -0.397 e. The van der Waals surface area contributed by atoms with Gasteiger partial charge < -0.3 is 11.1 Å². The van der Waals surface area contributed by atoms with Crippen molar-refractivity contribution >= 4 is 28.2 Å². The molecule has 0 saturated heterocycles. The van der Waals surface area contributed by atoms with Gasteiger partial charge in [-0.3, -0.25) is 9.78 Å². The van der Waals surface area contributed by atoms with Gasteiger partial charge in [0.1, 0.15) is 0 Å². The molecule has 1 aliphatic rings. The van der Waals surface area contributed by atoms with Gasteiger partial charge in [-0.15, -0.1) is 0 Å². The zero-order chi connectivity index (χ0) is 15.4. The topological polar surface area (TPSA) is 68.0 Å². The van der Waals surface area contributed by atoms with Crippen LogP contribution in [0.15, 0.2) is 30.5 Å². The summed E-state index contributed by atoms with van der Waals surface area (Å²) in [7, 11) is 0. The van der Waals surface area contributed by atoms with E-state index in [9.17, 15) is 4.79 Å². The molecular weight excluding hydrogens is 262 g/mol. The maximum absolute atomic E-state index is 12.6. The van der Waals surface area contributed by atoms with Crippen molar-refractivity contribution in [1.29, 1.82) is 0 Å². The summed E-state index contributed by atoms with van der Waals surface area (Å²) in [6, 6.07) is 7.41. The van der Waals surface area contributed by atoms with Crippen LogP contribution in [0, 0.1) is 16.7 Å². The first-order chi connectivity index (χ1) is 9.76. The molecule has 1 saturated carbocycles. The number of benzene rings is 1. The van der Waals surface area contributed by atoms with E-state index < -0.39 is 0 Å². The number of hydrogen-bond acceptors (Lipinski definition) is 3. The molecule has 0 aliphatic heterocycles. The van der Waals surface area contributed by atoms with Crippen LogP contribution in [-0.4, -0.2) is 10.9 Å². The van der Waals surface area contributed by atoms with E-state index in [1.807, 2.05) is 18.2 Å². The highest BCUT2D eigenvalue weighted by Crippen LogP contribution is 2.68. The Labute approximate surface area is 124 Å². The Balaban J connectivity index is 1.94. The molecule has 1 amide bonds. The lowest BCUT2D eigenvalue weighted by Gasteiger charge is -2.10. The van der Waals surface area contributed by atoms with Crippen LogP contribution in [0.4, 0.5) is 11.4 Å². The molecular formula is C17H21N3O. The second-order valence-electron chi connectivity index (χ2n) is 6.97. The number of anilines is 2. The maximum Gasteiger partial charge on any atom is 0.228 e. The normalized spacial score (nSPS) is 19.4. The van der Waals surface area contributed by atoms with Crippen molar-refractivity contribution < 1.29 is 4.79 Å². The van der Waals surface area contributed by atoms with Gasteiger partial charge in [0.2, 0.25) is 5.91 Å². The minimum atomic E-state index is 0.0225. The predicted octanol–water partition coefficient (Wildman–Crippen LogP) is 3.44. The smallest absolute Gasteiger partial charge is 0.228 e. The number of carbonyl (C=O) groups excluding carboxylic acids is 1. The summed E-state index contributed by atoms with van der Waals surface area (Å²) >= 11 is 0. The lowest BCUT2D eigenvalue weighted by molar-refractivity contribution is -0.118. The van der Waals surface area contributed by atoms with Crippen molar-refractivity contribution in [3.63, 3.8) is 0 Å². The molecule has 0 radical (unpaired) electrons. The van der Waals surface area contributed by atoms with E-state index in [1.165, 1.54) is 0 Å². The van der Waals surface area contributed by atoms with Crippen LogP contribution in [-0.2, 0) is 4.79 Å². The van der Waals surface area contributed by atoms with E-state index in [0.29, 0.717) is 5.69 Å². The van der Waals surface area contributed by atoms with Gasteiger partial charge >= 0.3 is 0 Å². The number of fused-ring (bicyclic) bond motifs is 1. The van der Waals surface area contributed by atoms with E-state index >= 15 is 0 Å². The van der Waals surface area contributed by atoms with Crippen LogP contribution in [0.3, 0.4) is 0 Å². The molecule has 3 N–H and O–H groups in total. The Bertz CT molecular complexity index is 720. The van der Waals surface area contributed by atoms with Gasteiger partial charge in [-0.1, -0.05) is 27.7 Å². The van der Waals surface area contributed by atoms with E-state index in [-0.39, 0.29) is 22.7 Å². The van der Waals surface area contributed by atoms with Gasteiger partial charge in [0.15, 0.2) is 0 Å². The van der Waals surface area contributed by atoms with E-state index in [1.54, 1.807) is 12.3 Å². The highest BCUT2D eigenvalue weighted by Gasteiger charge is 2.68. The Morgan fingerprint density at radius 3 is 2.48 bits per heavy atom. The molecule has 4 heteroatoms. The summed E-state index contributed by atoms with van der Waals surface area (Å²) in [4.78, 5) is 16.9. The minimum absolute atomic E-state index is 0.0225. The second kappa shape index (κ2) is 4.20. The van der Waals surface area contributed by atoms with Crippen molar-refractivity contribution in [1.82, 2.24) is 4.98 Å². The summed E-state index contributed by atoms with van der Waals surface area (Å²) in [5, 5.41) is 3.93. The molecule has 0 bridgehead atoms. The van der Waals surface area contributed by atoms with Crippen LogP contribution in [0.1, 0.15) is 27.7 Å². The summed E-state index contributed by atoms with van der Waals surface area (Å²) in [5.74, 6) is 0.0919. The average Bonchev–Trinajstić information content (AvgIpc) is 2.83. The number of aromatic nitrogens is 1. The van der Waals surface area contributed by atoms with E-state index in [0.717, 1.165) is 16.6 Å². The third-order valence-electron chi connectivity index (χ3n) is 5.34. The van der Waals surface area contributed by atoms with Gasteiger partial charge in [-0.25, -0.2) is 0 Å². The summed E-state index contributed by atoms with van der Waals surface area (Å²) in [6.07, 6.45) is 1.71. The highest BCUT2D eigenvalue weighted by molar-refractivity contribution is 6.06. The molecule has 2 aromatic rings. The fraction of sp³-hybridized carbons (Fsp3) is 0.412. The number of pyridine rings is 1. The lowest BCUT2D eigenvalue weighted by atomic mass is 10.0. The number of rotatable bonds is 2. The number of nitrogens with zero attached hydrogens (tertiary/aromatic N) is 1. The van der Waals surface area contributed by atoms with Crippen LogP contribution in [0.25, 0.3) is 10.9 Å². The lowest BCUT2D eigenvalue weighted by Crippen LogP contribution is -2.18. The molecule has 0 atom stereocenters. The predicted molar refractivity (Wildman–Crippen MR) is 85.8 cm³/mol. The molecule has 4 nitrogen and oxygen atoms in total. The fourth-order valence-corrected chi connectivity index (χ4v) is 3.36. The summed E-state index contributed by atoms with van der Waals surface area (Å²) in [5.41, 5.74) is 8.11. The van der Waals surface area contributed by atoms with E-state index in [2.05, 4.69) is 38.0 Å². The van der Waals surface area contributed by atoms with Crippen molar-refractivity contribution in [2.45, 2.75) is 27.7 Å². The first-order valence-electron chi connectivity index (χ1n) is 7.21. The zero-order valence-corrected chi connectivity index (χ0v) is 12.9. The SMILES string of the molecule is CC1(C)C(C(=O)Nc2ccc(N)c3ncccc23)C1(C)C. The van der Waals surface area contributed by atoms with Gasteiger partial charge in [0.25, 0.3) is 0 Å². The Hall–Kier alpha value is -2.10. The largest absolute Gasteiger partial charge is 0.397 e. The Morgan fingerprint density at radius 1 is 1.19 bits per heavy atom. The molecule has 0 spiro atoms. The van der Waals surface area contributed by atoms with Gasteiger partial charge in [0, 0.05) is 17.5 Å². The Kier molecular flexibility index (Phi) is 2.77. The number of hydrogen-bond donors (Lipinski definition) is 2. The van der Waals surface area contributed by atoms with Crippen LogP contribution in [0.5, 0.6) is 0 Å².